The highest BCUT2D eigenvalue weighted by Crippen LogP contribution is 2.26. The van der Waals surface area contributed by atoms with E-state index in [1.807, 2.05) is 12.1 Å². The number of rotatable bonds is 5. The number of hydrogen-bond donors (Lipinski definition) is 0. The highest BCUT2D eigenvalue weighted by Gasteiger charge is 2.25. The summed E-state index contributed by atoms with van der Waals surface area (Å²) in [4.78, 5) is 23.5. The number of ether oxygens (including phenoxy) is 2. The molecule has 0 N–H and O–H groups in total. The average Bonchev–Trinajstić information content (AvgIpc) is 2.53. The quantitative estimate of drug-likeness (QED) is 0.482. The summed E-state index contributed by atoms with van der Waals surface area (Å²) >= 11 is 0. The van der Waals surface area contributed by atoms with Crippen molar-refractivity contribution in [2.75, 3.05) is 0 Å². The van der Waals surface area contributed by atoms with Gasteiger partial charge >= 0.3 is 11.9 Å². The fraction of sp³-hybridized carbons (Fsp3) is 0.111. The first-order valence-corrected chi connectivity index (χ1v) is 6.76. The second-order valence-corrected chi connectivity index (χ2v) is 4.63. The Kier molecular flexibility index (Phi) is 5.09. The van der Waals surface area contributed by atoms with Crippen molar-refractivity contribution in [3.8, 4) is 5.75 Å². The summed E-state index contributed by atoms with van der Waals surface area (Å²) in [5.74, 6) is -0.730. The monoisotopic (exact) mass is 296 g/mol. The number of benzene rings is 2. The molecule has 0 aliphatic carbocycles. The summed E-state index contributed by atoms with van der Waals surface area (Å²) < 4.78 is 10.4. The van der Waals surface area contributed by atoms with Crippen molar-refractivity contribution >= 4 is 11.9 Å². The second kappa shape index (κ2) is 7.22. The molecule has 0 saturated heterocycles. The van der Waals surface area contributed by atoms with Gasteiger partial charge in [-0.25, -0.2) is 4.79 Å². The van der Waals surface area contributed by atoms with Gasteiger partial charge in [0.05, 0.1) is 5.57 Å². The largest absolute Gasteiger partial charge is 0.452 e. The number of para-hydroxylation sites is 1. The predicted molar refractivity (Wildman–Crippen MR) is 82.2 cm³/mol. The van der Waals surface area contributed by atoms with Crippen LogP contribution in [0.3, 0.4) is 0 Å². The van der Waals surface area contributed by atoms with E-state index in [-0.39, 0.29) is 5.57 Å². The van der Waals surface area contributed by atoms with E-state index in [1.165, 1.54) is 6.92 Å². The van der Waals surface area contributed by atoms with E-state index in [1.54, 1.807) is 48.5 Å². The smallest absolute Gasteiger partial charge is 0.342 e. The highest BCUT2D eigenvalue weighted by molar-refractivity contribution is 5.91. The molecule has 0 saturated carbocycles. The summed E-state index contributed by atoms with van der Waals surface area (Å²) in [5, 5.41) is 0. The molecule has 0 heterocycles. The van der Waals surface area contributed by atoms with Crippen molar-refractivity contribution in [3.05, 3.63) is 78.4 Å². The van der Waals surface area contributed by atoms with Gasteiger partial charge in [-0.1, -0.05) is 55.1 Å². The van der Waals surface area contributed by atoms with Crippen molar-refractivity contribution in [2.24, 2.45) is 0 Å². The van der Waals surface area contributed by atoms with E-state index < -0.39 is 18.0 Å². The van der Waals surface area contributed by atoms with E-state index in [0.29, 0.717) is 11.3 Å². The van der Waals surface area contributed by atoms with Crippen LogP contribution in [0.15, 0.2) is 72.8 Å². The van der Waals surface area contributed by atoms with Crippen LogP contribution in [0, 0.1) is 0 Å². The van der Waals surface area contributed by atoms with Crippen LogP contribution in [-0.2, 0) is 14.3 Å². The van der Waals surface area contributed by atoms with Gasteiger partial charge in [-0.3, -0.25) is 4.79 Å². The fourth-order valence-corrected chi connectivity index (χ4v) is 1.90. The SMILES string of the molecule is C=C(C(=O)Oc1ccccc1)C(OC(C)=O)c1ccccc1. The summed E-state index contributed by atoms with van der Waals surface area (Å²) in [7, 11) is 0. The molecule has 0 spiro atoms. The Hall–Kier alpha value is -2.88. The van der Waals surface area contributed by atoms with Crippen molar-refractivity contribution in [1.29, 1.82) is 0 Å². The topological polar surface area (TPSA) is 52.6 Å². The molecule has 1 unspecified atom stereocenters. The molecular formula is C18H16O4. The Morgan fingerprint density at radius 2 is 1.50 bits per heavy atom. The van der Waals surface area contributed by atoms with Gasteiger partial charge in [-0.05, 0) is 17.7 Å². The van der Waals surface area contributed by atoms with E-state index in [2.05, 4.69) is 6.58 Å². The average molecular weight is 296 g/mol. The van der Waals surface area contributed by atoms with Crippen molar-refractivity contribution in [3.63, 3.8) is 0 Å². The van der Waals surface area contributed by atoms with Gasteiger partial charge in [-0.15, -0.1) is 0 Å². The minimum absolute atomic E-state index is 0.0604. The molecular weight excluding hydrogens is 280 g/mol. The molecule has 0 bridgehead atoms. The molecule has 4 heteroatoms. The fourth-order valence-electron chi connectivity index (χ4n) is 1.90. The van der Waals surface area contributed by atoms with Crippen LogP contribution in [-0.4, -0.2) is 11.9 Å². The van der Waals surface area contributed by atoms with Gasteiger partial charge in [0.15, 0.2) is 6.10 Å². The van der Waals surface area contributed by atoms with Gasteiger partial charge in [0.1, 0.15) is 5.75 Å². The van der Waals surface area contributed by atoms with Crippen molar-refractivity contribution in [1.82, 2.24) is 0 Å². The Balaban J connectivity index is 2.18. The van der Waals surface area contributed by atoms with Crippen LogP contribution >= 0.6 is 0 Å². The van der Waals surface area contributed by atoms with Gasteiger partial charge in [0.2, 0.25) is 0 Å². The molecule has 4 nitrogen and oxygen atoms in total. The number of carbonyl (C=O) groups is 2. The van der Waals surface area contributed by atoms with Crippen LogP contribution in [0.4, 0.5) is 0 Å². The molecule has 2 rings (SSSR count). The van der Waals surface area contributed by atoms with Gasteiger partial charge in [0, 0.05) is 6.92 Å². The molecule has 2 aromatic rings. The molecule has 0 radical (unpaired) electrons. The van der Waals surface area contributed by atoms with Crippen LogP contribution in [0.2, 0.25) is 0 Å². The standard InChI is InChI=1S/C18H16O4/c1-13(18(20)22-16-11-7-4-8-12-16)17(21-14(2)19)15-9-5-3-6-10-15/h3-12,17H,1H2,2H3. The Morgan fingerprint density at radius 3 is 2.05 bits per heavy atom. The molecule has 1 atom stereocenters. The summed E-state index contributed by atoms with van der Waals surface area (Å²) in [6.07, 6.45) is -0.866. The van der Waals surface area contributed by atoms with Gasteiger partial charge < -0.3 is 9.47 Å². The lowest BCUT2D eigenvalue weighted by atomic mass is 10.0. The molecule has 22 heavy (non-hydrogen) atoms. The van der Waals surface area contributed by atoms with Crippen LogP contribution in [0.1, 0.15) is 18.6 Å². The van der Waals surface area contributed by atoms with E-state index in [9.17, 15) is 9.59 Å². The zero-order valence-corrected chi connectivity index (χ0v) is 12.2. The lowest BCUT2D eigenvalue weighted by Crippen LogP contribution is -2.20. The lowest BCUT2D eigenvalue weighted by Gasteiger charge is -2.18. The minimum Gasteiger partial charge on any atom is -0.452 e. The molecule has 0 fully saturated rings. The first-order chi connectivity index (χ1) is 10.6. The van der Waals surface area contributed by atoms with Crippen molar-refractivity contribution < 1.29 is 19.1 Å². The zero-order chi connectivity index (χ0) is 15.9. The summed E-state index contributed by atoms with van der Waals surface area (Å²) in [6.45, 7) is 5.01. The maximum Gasteiger partial charge on any atom is 0.342 e. The van der Waals surface area contributed by atoms with E-state index in [4.69, 9.17) is 9.47 Å². The van der Waals surface area contributed by atoms with E-state index >= 15 is 0 Å². The van der Waals surface area contributed by atoms with E-state index in [0.717, 1.165) is 0 Å². The van der Waals surface area contributed by atoms with Crippen molar-refractivity contribution in [2.45, 2.75) is 13.0 Å². The third-order valence-electron chi connectivity index (χ3n) is 2.92. The Morgan fingerprint density at radius 1 is 0.955 bits per heavy atom. The Labute approximate surface area is 129 Å². The molecule has 112 valence electrons. The molecule has 0 aliphatic heterocycles. The number of hydrogen-bond acceptors (Lipinski definition) is 4. The number of esters is 2. The van der Waals surface area contributed by atoms with Crippen LogP contribution in [0.5, 0.6) is 5.75 Å². The lowest BCUT2D eigenvalue weighted by molar-refractivity contribution is -0.146. The third-order valence-corrected chi connectivity index (χ3v) is 2.92. The summed E-state index contributed by atoms with van der Waals surface area (Å²) in [5.41, 5.74) is 0.720. The van der Waals surface area contributed by atoms with Crippen LogP contribution < -0.4 is 4.74 Å². The molecule has 0 aromatic heterocycles. The van der Waals surface area contributed by atoms with Gasteiger partial charge in [0.25, 0.3) is 0 Å². The normalized spacial score (nSPS) is 11.3. The number of carbonyl (C=O) groups excluding carboxylic acids is 2. The second-order valence-electron chi connectivity index (χ2n) is 4.63. The van der Waals surface area contributed by atoms with Gasteiger partial charge in [-0.2, -0.15) is 0 Å². The molecule has 0 amide bonds. The first-order valence-electron chi connectivity index (χ1n) is 6.76. The Bertz CT molecular complexity index is 662. The molecule has 2 aromatic carbocycles. The highest BCUT2D eigenvalue weighted by atomic mass is 16.6. The third kappa shape index (κ3) is 4.06. The zero-order valence-electron chi connectivity index (χ0n) is 12.2. The molecule has 0 aliphatic rings. The summed E-state index contributed by atoms with van der Waals surface area (Å²) in [6, 6.07) is 17.6. The minimum atomic E-state index is -0.866. The maximum atomic E-state index is 12.2. The predicted octanol–water partition coefficient (Wildman–Crippen LogP) is 3.45. The first kappa shape index (κ1) is 15.5. The van der Waals surface area contributed by atoms with Crippen LogP contribution in [0.25, 0.3) is 0 Å². The maximum absolute atomic E-state index is 12.2.